The number of rotatable bonds is 3. The van der Waals surface area contributed by atoms with Gasteiger partial charge in [0, 0.05) is 14.2 Å². The Hall–Kier alpha value is -1.68. The molecule has 3 rings (SSSR count). The van der Waals surface area contributed by atoms with E-state index in [1.54, 1.807) is 17.1 Å². The Morgan fingerprint density at radius 2 is 2.24 bits per heavy atom. The Kier molecular flexibility index (Phi) is 3.81. The molecule has 0 aliphatic carbocycles. The first-order valence-electron chi connectivity index (χ1n) is 5.74. The summed E-state index contributed by atoms with van der Waals surface area (Å²) in [5.74, 6) is -0.905. The summed E-state index contributed by atoms with van der Waals surface area (Å²) >= 11 is 5.71. The third kappa shape index (κ3) is 2.86. The van der Waals surface area contributed by atoms with Gasteiger partial charge in [-0.15, -0.1) is 0 Å². The van der Waals surface area contributed by atoms with Crippen LogP contribution in [-0.2, 0) is 0 Å². The van der Waals surface area contributed by atoms with E-state index in [1.165, 1.54) is 0 Å². The van der Waals surface area contributed by atoms with Crippen molar-refractivity contribution in [1.82, 2.24) is 14.8 Å². The van der Waals surface area contributed by atoms with Gasteiger partial charge in [0.2, 0.25) is 5.89 Å². The number of halogens is 2. The predicted molar refractivity (Wildman–Crippen MR) is 86.4 cm³/mol. The van der Waals surface area contributed by atoms with Gasteiger partial charge in [0.1, 0.15) is 6.26 Å². The lowest BCUT2D eigenvalue weighted by atomic mass is 10.3. The number of aromatic carboxylic acids is 1. The van der Waals surface area contributed by atoms with Crippen LogP contribution >= 0.6 is 38.5 Å². The molecule has 6 nitrogen and oxygen atoms in total. The lowest BCUT2D eigenvalue weighted by Crippen LogP contribution is -1.96. The molecule has 8 heteroatoms. The zero-order chi connectivity index (χ0) is 15.0. The highest BCUT2D eigenvalue weighted by molar-refractivity contribution is 14.1. The molecule has 0 amide bonds. The second-order valence-corrected chi connectivity index (χ2v) is 6.21. The molecule has 0 fully saturated rings. The molecule has 0 spiro atoms. The second kappa shape index (κ2) is 5.60. The van der Waals surface area contributed by atoms with E-state index in [-0.39, 0.29) is 11.6 Å². The first kappa shape index (κ1) is 14.3. The van der Waals surface area contributed by atoms with Crippen molar-refractivity contribution in [3.63, 3.8) is 0 Å². The van der Waals surface area contributed by atoms with E-state index in [0.29, 0.717) is 5.56 Å². The summed E-state index contributed by atoms with van der Waals surface area (Å²) in [5, 5.41) is 13.1. The van der Waals surface area contributed by atoms with E-state index in [0.717, 1.165) is 20.0 Å². The topological polar surface area (TPSA) is 81.1 Å². The molecule has 3 aromatic rings. The van der Waals surface area contributed by atoms with E-state index < -0.39 is 5.97 Å². The predicted octanol–water partition coefficient (Wildman–Crippen LogP) is 3.59. The number of nitrogens with zero attached hydrogens (tertiary/aromatic N) is 3. The Morgan fingerprint density at radius 1 is 1.43 bits per heavy atom. The van der Waals surface area contributed by atoms with Gasteiger partial charge in [-0.25, -0.2) is 14.5 Å². The Labute approximate surface area is 141 Å². The molecule has 0 radical (unpaired) electrons. The summed E-state index contributed by atoms with van der Waals surface area (Å²) in [4.78, 5) is 14.7. The SMILES string of the molecule is O=C(O)c1coc(-c2cnn(-c3ccc(I)cc3Br)c2)n1. The van der Waals surface area contributed by atoms with Crippen LogP contribution in [0.25, 0.3) is 17.1 Å². The maximum atomic E-state index is 10.8. The average molecular weight is 460 g/mol. The molecule has 2 heterocycles. The maximum Gasteiger partial charge on any atom is 0.357 e. The lowest BCUT2D eigenvalue weighted by molar-refractivity contribution is 0.0690. The highest BCUT2D eigenvalue weighted by Gasteiger charge is 2.14. The van der Waals surface area contributed by atoms with Crippen molar-refractivity contribution in [3.05, 3.63) is 50.6 Å². The number of carbonyl (C=O) groups is 1. The molecule has 2 aromatic heterocycles. The molecule has 1 N–H and O–H groups in total. The molecule has 21 heavy (non-hydrogen) atoms. The molecule has 0 saturated carbocycles. The van der Waals surface area contributed by atoms with Crippen LogP contribution in [0.5, 0.6) is 0 Å². The van der Waals surface area contributed by atoms with Crippen LogP contribution < -0.4 is 0 Å². The first-order chi connectivity index (χ1) is 10.0. The summed E-state index contributed by atoms with van der Waals surface area (Å²) in [6.07, 6.45) is 4.40. The molecule has 0 atom stereocenters. The molecule has 0 saturated heterocycles. The molecular formula is C13H7BrIN3O3. The first-order valence-corrected chi connectivity index (χ1v) is 7.61. The fraction of sp³-hybridized carbons (Fsp3) is 0. The molecule has 0 aliphatic heterocycles. The minimum Gasteiger partial charge on any atom is -0.476 e. The summed E-state index contributed by atoms with van der Waals surface area (Å²) in [5.41, 5.74) is 1.34. The van der Waals surface area contributed by atoms with Crippen LogP contribution in [0.15, 0.2) is 45.7 Å². The van der Waals surface area contributed by atoms with Gasteiger partial charge in [-0.2, -0.15) is 5.10 Å². The number of hydrogen-bond donors (Lipinski definition) is 1. The van der Waals surface area contributed by atoms with Crippen molar-refractivity contribution in [2.75, 3.05) is 0 Å². The van der Waals surface area contributed by atoms with Gasteiger partial charge in [0.15, 0.2) is 5.69 Å². The molecule has 106 valence electrons. The van der Waals surface area contributed by atoms with E-state index in [4.69, 9.17) is 9.52 Å². The Morgan fingerprint density at radius 3 is 2.90 bits per heavy atom. The van der Waals surface area contributed by atoms with Crippen molar-refractivity contribution in [3.8, 4) is 17.1 Å². The maximum absolute atomic E-state index is 10.8. The molecule has 0 unspecified atom stereocenters. The third-order valence-corrected chi connectivity index (χ3v) is 4.02. The van der Waals surface area contributed by atoms with E-state index >= 15 is 0 Å². The van der Waals surface area contributed by atoms with Gasteiger partial charge in [0.05, 0.1) is 17.4 Å². The van der Waals surface area contributed by atoms with Crippen molar-refractivity contribution < 1.29 is 14.3 Å². The van der Waals surface area contributed by atoms with Gasteiger partial charge in [-0.1, -0.05) is 0 Å². The highest BCUT2D eigenvalue weighted by atomic mass is 127. The van der Waals surface area contributed by atoms with Crippen LogP contribution in [0.4, 0.5) is 0 Å². The van der Waals surface area contributed by atoms with E-state index in [2.05, 4.69) is 48.6 Å². The third-order valence-electron chi connectivity index (χ3n) is 2.71. The van der Waals surface area contributed by atoms with Crippen LogP contribution in [0, 0.1) is 3.57 Å². The van der Waals surface area contributed by atoms with Crippen molar-refractivity contribution in [2.45, 2.75) is 0 Å². The smallest absolute Gasteiger partial charge is 0.357 e. The Bertz CT molecular complexity index is 828. The minimum absolute atomic E-state index is 0.131. The van der Waals surface area contributed by atoms with Gasteiger partial charge in [-0.3, -0.25) is 0 Å². The molecule has 0 aliphatic rings. The number of aromatic nitrogens is 3. The standard InChI is InChI=1S/C13H7BrIN3O3/c14-9-3-8(15)1-2-11(9)18-5-7(4-16-18)12-17-10(6-21-12)13(19)20/h1-6H,(H,19,20). The van der Waals surface area contributed by atoms with Crippen LogP contribution in [0.1, 0.15) is 10.5 Å². The quantitative estimate of drug-likeness (QED) is 0.605. The monoisotopic (exact) mass is 459 g/mol. The number of carboxylic acids is 1. The molecule has 1 aromatic carbocycles. The Balaban J connectivity index is 1.97. The van der Waals surface area contributed by atoms with Crippen LogP contribution in [0.2, 0.25) is 0 Å². The zero-order valence-electron chi connectivity index (χ0n) is 10.3. The van der Waals surface area contributed by atoms with Crippen molar-refractivity contribution >= 4 is 44.5 Å². The van der Waals surface area contributed by atoms with Crippen LogP contribution in [0.3, 0.4) is 0 Å². The highest BCUT2D eigenvalue weighted by Crippen LogP contribution is 2.25. The summed E-state index contributed by atoms with van der Waals surface area (Å²) in [6, 6.07) is 5.88. The number of carboxylic acid groups (broad SMARTS) is 1. The van der Waals surface area contributed by atoms with E-state index in [1.807, 2.05) is 18.2 Å². The number of benzene rings is 1. The summed E-state index contributed by atoms with van der Waals surface area (Å²) in [7, 11) is 0. The van der Waals surface area contributed by atoms with Crippen molar-refractivity contribution in [2.24, 2.45) is 0 Å². The number of oxazole rings is 1. The van der Waals surface area contributed by atoms with Crippen LogP contribution in [-0.4, -0.2) is 25.8 Å². The fourth-order valence-corrected chi connectivity index (χ4v) is 3.22. The van der Waals surface area contributed by atoms with Gasteiger partial charge in [-0.05, 0) is 56.7 Å². The fourth-order valence-electron chi connectivity index (χ4n) is 1.74. The second-order valence-electron chi connectivity index (χ2n) is 4.11. The number of hydrogen-bond acceptors (Lipinski definition) is 4. The zero-order valence-corrected chi connectivity index (χ0v) is 14.1. The van der Waals surface area contributed by atoms with Gasteiger partial charge >= 0.3 is 5.97 Å². The normalized spacial score (nSPS) is 10.8. The largest absolute Gasteiger partial charge is 0.476 e. The summed E-state index contributed by atoms with van der Waals surface area (Å²) < 4.78 is 8.83. The summed E-state index contributed by atoms with van der Waals surface area (Å²) in [6.45, 7) is 0. The molecule has 0 bridgehead atoms. The molecular weight excluding hydrogens is 453 g/mol. The van der Waals surface area contributed by atoms with Crippen molar-refractivity contribution in [1.29, 1.82) is 0 Å². The lowest BCUT2D eigenvalue weighted by Gasteiger charge is -2.04. The average Bonchev–Trinajstić information content (AvgIpc) is 3.07. The van der Waals surface area contributed by atoms with E-state index in [9.17, 15) is 4.79 Å². The van der Waals surface area contributed by atoms with Gasteiger partial charge in [0.25, 0.3) is 0 Å². The minimum atomic E-state index is -1.13. The van der Waals surface area contributed by atoms with Gasteiger partial charge < -0.3 is 9.52 Å².